The lowest BCUT2D eigenvalue weighted by molar-refractivity contribution is 0.412. The summed E-state index contributed by atoms with van der Waals surface area (Å²) in [4.78, 5) is 9.16. The zero-order valence-corrected chi connectivity index (χ0v) is 12.1. The minimum absolute atomic E-state index is 0.275. The fourth-order valence-electron chi connectivity index (χ4n) is 2.04. The van der Waals surface area contributed by atoms with Crippen molar-refractivity contribution >= 4 is 21.6 Å². The number of thiazole rings is 1. The van der Waals surface area contributed by atoms with E-state index < -0.39 is 0 Å². The molecule has 0 fully saturated rings. The Balaban J connectivity index is 2.54. The van der Waals surface area contributed by atoms with Crippen molar-refractivity contribution in [3.8, 4) is 0 Å². The minimum atomic E-state index is 0.275. The molecule has 0 N–H and O–H groups in total. The first-order valence-electron chi connectivity index (χ1n) is 6.09. The van der Waals surface area contributed by atoms with Crippen molar-refractivity contribution in [2.45, 2.75) is 47.0 Å². The number of hydrogen-bond donors (Lipinski definition) is 0. The van der Waals surface area contributed by atoms with Crippen molar-refractivity contribution in [3.63, 3.8) is 0 Å². The molecule has 2 aromatic heterocycles. The van der Waals surface area contributed by atoms with Gasteiger partial charge < -0.3 is 0 Å². The predicted octanol–water partition coefficient (Wildman–Crippen LogP) is 4.40. The first kappa shape index (κ1) is 12.5. The van der Waals surface area contributed by atoms with E-state index >= 15 is 0 Å². The number of fused-ring (bicyclic) bond motifs is 1. The van der Waals surface area contributed by atoms with Gasteiger partial charge in [-0.05, 0) is 23.3 Å². The van der Waals surface area contributed by atoms with Gasteiger partial charge in [0.15, 0.2) is 0 Å². The molecule has 0 aliphatic rings. The molecule has 0 unspecified atom stereocenters. The van der Waals surface area contributed by atoms with Gasteiger partial charge in [-0.1, -0.05) is 34.6 Å². The molecule has 0 radical (unpaired) electrons. The number of pyridine rings is 1. The Kier molecular flexibility index (Phi) is 3.21. The van der Waals surface area contributed by atoms with Crippen LogP contribution in [-0.4, -0.2) is 9.97 Å². The van der Waals surface area contributed by atoms with Crippen LogP contribution in [0.15, 0.2) is 11.7 Å². The van der Waals surface area contributed by atoms with Crippen molar-refractivity contribution < 1.29 is 0 Å². The lowest BCUT2D eigenvalue weighted by Gasteiger charge is -2.18. The van der Waals surface area contributed by atoms with Crippen molar-refractivity contribution in [1.29, 1.82) is 0 Å². The summed E-state index contributed by atoms with van der Waals surface area (Å²) in [5, 5.41) is 0. The Morgan fingerprint density at radius 2 is 1.94 bits per heavy atom. The Bertz CT molecular complexity index is 520. The molecule has 0 bridgehead atoms. The van der Waals surface area contributed by atoms with Gasteiger partial charge in [-0.15, -0.1) is 11.3 Å². The molecular weight excluding hydrogens is 228 g/mol. The molecule has 0 spiro atoms. The van der Waals surface area contributed by atoms with E-state index in [0.717, 1.165) is 11.9 Å². The van der Waals surface area contributed by atoms with E-state index in [-0.39, 0.29) is 5.41 Å². The van der Waals surface area contributed by atoms with Crippen molar-refractivity contribution in [2.24, 2.45) is 5.41 Å². The minimum Gasteiger partial charge on any atom is -0.259 e. The van der Waals surface area contributed by atoms with E-state index in [1.54, 1.807) is 11.3 Å². The van der Waals surface area contributed by atoms with Gasteiger partial charge in [-0.3, -0.25) is 4.98 Å². The number of hydrogen-bond acceptors (Lipinski definition) is 3. The van der Waals surface area contributed by atoms with Gasteiger partial charge in [0.1, 0.15) is 0 Å². The van der Waals surface area contributed by atoms with Gasteiger partial charge in [-0.25, -0.2) is 4.98 Å². The first-order valence-corrected chi connectivity index (χ1v) is 6.97. The van der Waals surface area contributed by atoms with Gasteiger partial charge in [-0.2, -0.15) is 0 Å². The summed E-state index contributed by atoms with van der Waals surface area (Å²) in [6.07, 6.45) is 3.04. The maximum Gasteiger partial charge on any atom is 0.0878 e. The summed E-state index contributed by atoms with van der Waals surface area (Å²) in [6.45, 7) is 11.1. The number of rotatable bonds is 2. The maximum absolute atomic E-state index is 4.63. The normalized spacial score (nSPS) is 12.6. The first-order chi connectivity index (χ1) is 7.88. The molecule has 3 heteroatoms. The zero-order chi connectivity index (χ0) is 12.6. The Morgan fingerprint density at radius 1 is 1.24 bits per heavy atom. The van der Waals surface area contributed by atoms with E-state index in [2.05, 4.69) is 44.6 Å². The third-order valence-electron chi connectivity index (χ3n) is 2.73. The van der Waals surface area contributed by atoms with E-state index in [0.29, 0.717) is 5.92 Å². The van der Waals surface area contributed by atoms with Crippen LogP contribution in [0.2, 0.25) is 0 Å². The second kappa shape index (κ2) is 4.37. The van der Waals surface area contributed by atoms with Crippen LogP contribution in [0.5, 0.6) is 0 Å². The highest BCUT2D eigenvalue weighted by Gasteiger charge is 2.17. The molecule has 0 aliphatic heterocycles. The van der Waals surface area contributed by atoms with Gasteiger partial charge in [0.2, 0.25) is 0 Å². The van der Waals surface area contributed by atoms with E-state index in [4.69, 9.17) is 0 Å². The summed E-state index contributed by atoms with van der Waals surface area (Å²) < 4.78 is 1.27. The zero-order valence-electron chi connectivity index (χ0n) is 11.2. The fourth-order valence-corrected chi connectivity index (χ4v) is 3.00. The summed E-state index contributed by atoms with van der Waals surface area (Å²) >= 11 is 1.71. The Morgan fingerprint density at radius 3 is 2.53 bits per heavy atom. The third kappa shape index (κ3) is 2.65. The molecule has 0 saturated heterocycles. The fraction of sp³-hybridized carbons (Fsp3) is 0.571. The highest BCUT2D eigenvalue weighted by molar-refractivity contribution is 7.16. The average Bonchev–Trinajstić information content (AvgIpc) is 2.63. The highest BCUT2D eigenvalue weighted by atomic mass is 32.1. The van der Waals surface area contributed by atoms with Crippen LogP contribution >= 0.6 is 11.3 Å². The molecule has 17 heavy (non-hydrogen) atoms. The number of aromatic nitrogens is 2. The molecule has 0 atom stereocenters. The van der Waals surface area contributed by atoms with Crippen LogP contribution in [0.4, 0.5) is 0 Å². The highest BCUT2D eigenvalue weighted by Crippen LogP contribution is 2.31. The van der Waals surface area contributed by atoms with Gasteiger partial charge >= 0.3 is 0 Å². The summed E-state index contributed by atoms with van der Waals surface area (Å²) in [5.74, 6) is 0.460. The molecule has 2 aromatic rings. The largest absolute Gasteiger partial charge is 0.259 e. The molecule has 2 nitrogen and oxygen atoms in total. The Hall–Kier alpha value is -0.960. The smallest absolute Gasteiger partial charge is 0.0878 e. The SMILES string of the molecule is CC(C)c1ncc(CC(C)(C)C)c2ncsc12. The number of nitrogens with zero attached hydrogens (tertiary/aromatic N) is 2. The lowest BCUT2D eigenvalue weighted by atomic mass is 9.88. The van der Waals surface area contributed by atoms with E-state index in [1.165, 1.54) is 16.0 Å². The molecular formula is C14H20N2S. The van der Waals surface area contributed by atoms with Crippen LogP contribution < -0.4 is 0 Å². The van der Waals surface area contributed by atoms with Crippen LogP contribution in [-0.2, 0) is 6.42 Å². The molecule has 0 amide bonds. The van der Waals surface area contributed by atoms with Crippen LogP contribution in [0, 0.1) is 5.41 Å². The summed E-state index contributed by atoms with van der Waals surface area (Å²) in [5.41, 5.74) is 5.82. The molecule has 0 saturated carbocycles. The monoisotopic (exact) mass is 248 g/mol. The van der Waals surface area contributed by atoms with Gasteiger partial charge in [0.25, 0.3) is 0 Å². The standard InChI is InChI=1S/C14H20N2S/c1-9(2)11-13-12(16-8-17-13)10(7-15-11)6-14(3,4)5/h7-9H,6H2,1-5H3. The lowest BCUT2D eigenvalue weighted by Crippen LogP contribution is -2.10. The quantitative estimate of drug-likeness (QED) is 0.787. The van der Waals surface area contributed by atoms with Crippen molar-refractivity contribution in [1.82, 2.24) is 9.97 Å². The van der Waals surface area contributed by atoms with E-state index in [1.807, 2.05) is 11.7 Å². The molecule has 92 valence electrons. The van der Waals surface area contributed by atoms with Crippen LogP contribution in [0.25, 0.3) is 10.2 Å². The topological polar surface area (TPSA) is 25.8 Å². The molecule has 0 aromatic carbocycles. The molecule has 2 heterocycles. The Labute approximate surface area is 107 Å². The maximum atomic E-state index is 4.63. The summed E-state index contributed by atoms with van der Waals surface area (Å²) in [7, 11) is 0. The second-order valence-corrected chi connectivity index (χ2v) is 6.95. The molecule has 0 aliphatic carbocycles. The van der Waals surface area contributed by atoms with Crippen LogP contribution in [0.1, 0.15) is 51.8 Å². The third-order valence-corrected chi connectivity index (χ3v) is 3.58. The van der Waals surface area contributed by atoms with Crippen molar-refractivity contribution in [3.05, 3.63) is 23.0 Å². The van der Waals surface area contributed by atoms with Gasteiger partial charge in [0.05, 0.1) is 21.4 Å². The van der Waals surface area contributed by atoms with E-state index in [9.17, 15) is 0 Å². The summed E-state index contributed by atoms with van der Waals surface area (Å²) in [6, 6.07) is 0. The molecule has 2 rings (SSSR count). The van der Waals surface area contributed by atoms with Crippen molar-refractivity contribution in [2.75, 3.05) is 0 Å². The predicted molar refractivity (Wildman–Crippen MR) is 74.7 cm³/mol. The van der Waals surface area contributed by atoms with Gasteiger partial charge in [0, 0.05) is 6.20 Å². The van der Waals surface area contributed by atoms with Crippen LogP contribution in [0.3, 0.4) is 0 Å². The average molecular weight is 248 g/mol. The second-order valence-electron chi connectivity index (χ2n) is 6.09.